The molecule has 1 aromatic heterocycles. The van der Waals surface area contributed by atoms with Gasteiger partial charge in [-0.2, -0.15) is 5.10 Å². The third-order valence-electron chi connectivity index (χ3n) is 6.30. The first-order valence-corrected chi connectivity index (χ1v) is 10.4. The molecule has 30 heavy (non-hydrogen) atoms. The highest BCUT2D eigenvalue weighted by atomic mass is 16.7. The van der Waals surface area contributed by atoms with Crippen LogP contribution in [0.5, 0.6) is 0 Å². The maximum absolute atomic E-state index is 12.6. The number of nitrogens with zero attached hydrogens (tertiary/aromatic N) is 3. The van der Waals surface area contributed by atoms with Gasteiger partial charge in [0, 0.05) is 31.6 Å². The molecule has 8 heteroatoms. The van der Waals surface area contributed by atoms with E-state index in [0.717, 1.165) is 36.5 Å². The van der Waals surface area contributed by atoms with Crippen molar-refractivity contribution in [2.75, 3.05) is 26.8 Å². The standard InChI is InChI=1S/C22H28N4O4/c1-3-30-26-19(27)13-18(21(28)29-2)22(26)9-11-25(12-10-22)15-17-14-23-24-20(17)16-7-5-4-6-8-16/h4-8,14,18H,3,9-13,15H2,1-2H3,(H,23,24). The summed E-state index contributed by atoms with van der Waals surface area (Å²) in [4.78, 5) is 33.0. The molecule has 1 aromatic carbocycles. The molecule has 3 heterocycles. The first-order chi connectivity index (χ1) is 14.6. The van der Waals surface area contributed by atoms with E-state index in [-0.39, 0.29) is 18.3 Å². The minimum atomic E-state index is -0.630. The minimum absolute atomic E-state index is 0.137. The second-order valence-electron chi connectivity index (χ2n) is 7.90. The smallest absolute Gasteiger partial charge is 0.311 e. The maximum atomic E-state index is 12.6. The molecular weight excluding hydrogens is 384 g/mol. The third kappa shape index (κ3) is 3.61. The van der Waals surface area contributed by atoms with Crippen molar-refractivity contribution in [2.24, 2.45) is 5.92 Å². The minimum Gasteiger partial charge on any atom is -0.469 e. The zero-order chi connectivity index (χ0) is 21.1. The van der Waals surface area contributed by atoms with Crippen LogP contribution in [0.15, 0.2) is 36.5 Å². The Bertz CT molecular complexity index is 890. The van der Waals surface area contributed by atoms with E-state index in [1.807, 2.05) is 31.3 Å². The van der Waals surface area contributed by atoms with Crippen LogP contribution in [-0.4, -0.2) is 64.4 Å². The van der Waals surface area contributed by atoms with E-state index in [2.05, 4.69) is 27.2 Å². The van der Waals surface area contributed by atoms with E-state index in [0.29, 0.717) is 19.4 Å². The number of H-pyrrole nitrogens is 1. The molecule has 0 saturated carbocycles. The largest absolute Gasteiger partial charge is 0.469 e. The highest BCUT2D eigenvalue weighted by Gasteiger charge is 2.58. The number of hydroxylamine groups is 2. The van der Waals surface area contributed by atoms with Crippen molar-refractivity contribution >= 4 is 11.9 Å². The number of aromatic amines is 1. The molecule has 1 atom stereocenters. The number of aromatic nitrogens is 2. The van der Waals surface area contributed by atoms with Gasteiger partial charge in [0.05, 0.1) is 37.1 Å². The number of carbonyl (C=O) groups excluding carboxylic acids is 2. The summed E-state index contributed by atoms with van der Waals surface area (Å²) in [6.45, 7) is 4.50. The number of likely N-dealkylation sites (tertiary alicyclic amines) is 1. The lowest BCUT2D eigenvalue weighted by Gasteiger charge is -2.45. The van der Waals surface area contributed by atoms with Gasteiger partial charge >= 0.3 is 5.97 Å². The maximum Gasteiger partial charge on any atom is 0.311 e. The normalized spacial score (nSPS) is 21.3. The third-order valence-corrected chi connectivity index (χ3v) is 6.30. The van der Waals surface area contributed by atoms with Crippen molar-refractivity contribution in [3.05, 3.63) is 42.1 Å². The molecule has 2 saturated heterocycles. The number of hydrogen-bond acceptors (Lipinski definition) is 6. The molecule has 2 fully saturated rings. The van der Waals surface area contributed by atoms with Crippen LogP contribution >= 0.6 is 0 Å². The number of ether oxygens (including phenoxy) is 1. The zero-order valence-corrected chi connectivity index (χ0v) is 17.5. The van der Waals surface area contributed by atoms with E-state index < -0.39 is 11.5 Å². The van der Waals surface area contributed by atoms with E-state index in [4.69, 9.17) is 9.57 Å². The molecule has 160 valence electrons. The van der Waals surface area contributed by atoms with Crippen LogP contribution in [0.4, 0.5) is 0 Å². The first kappa shape index (κ1) is 20.6. The Morgan fingerprint density at radius 3 is 2.67 bits per heavy atom. The average Bonchev–Trinajstić information content (AvgIpc) is 3.34. The molecule has 4 rings (SSSR count). The van der Waals surface area contributed by atoms with Gasteiger partial charge < -0.3 is 4.74 Å². The van der Waals surface area contributed by atoms with Gasteiger partial charge in [-0.25, -0.2) is 5.06 Å². The lowest BCUT2D eigenvalue weighted by molar-refractivity contribution is -0.221. The van der Waals surface area contributed by atoms with Crippen LogP contribution in [0.1, 0.15) is 31.7 Å². The van der Waals surface area contributed by atoms with Gasteiger partial charge in [-0.05, 0) is 25.3 Å². The molecule has 1 amide bonds. The van der Waals surface area contributed by atoms with Crippen LogP contribution in [-0.2, 0) is 25.7 Å². The van der Waals surface area contributed by atoms with Gasteiger partial charge in [-0.1, -0.05) is 30.3 Å². The van der Waals surface area contributed by atoms with Crippen molar-refractivity contribution in [3.8, 4) is 11.3 Å². The summed E-state index contributed by atoms with van der Waals surface area (Å²) in [6.07, 6.45) is 3.34. The highest BCUT2D eigenvalue weighted by Crippen LogP contribution is 2.44. The van der Waals surface area contributed by atoms with E-state index in [9.17, 15) is 9.59 Å². The van der Waals surface area contributed by atoms with Gasteiger partial charge in [0.1, 0.15) is 0 Å². The van der Waals surface area contributed by atoms with Crippen molar-refractivity contribution < 1.29 is 19.2 Å². The summed E-state index contributed by atoms with van der Waals surface area (Å²) in [7, 11) is 1.38. The number of hydrogen-bond donors (Lipinski definition) is 1. The average molecular weight is 412 g/mol. The fraction of sp³-hybridized carbons (Fsp3) is 0.500. The summed E-state index contributed by atoms with van der Waals surface area (Å²) in [5.74, 6) is -0.959. The number of methoxy groups -OCH3 is 1. The number of esters is 1. The second-order valence-corrected chi connectivity index (χ2v) is 7.90. The number of amides is 1. The Labute approximate surface area is 176 Å². The van der Waals surface area contributed by atoms with Crippen LogP contribution in [0, 0.1) is 5.92 Å². The summed E-state index contributed by atoms with van der Waals surface area (Å²) in [5, 5.41) is 8.82. The van der Waals surface area contributed by atoms with Crippen molar-refractivity contribution in [1.29, 1.82) is 0 Å². The fourth-order valence-corrected chi connectivity index (χ4v) is 4.79. The van der Waals surface area contributed by atoms with Crippen LogP contribution in [0.2, 0.25) is 0 Å². The Morgan fingerprint density at radius 1 is 1.27 bits per heavy atom. The van der Waals surface area contributed by atoms with Gasteiger partial charge in [-0.15, -0.1) is 0 Å². The van der Waals surface area contributed by atoms with Gasteiger partial charge in [0.25, 0.3) is 0 Å². The molecule has 2 aromatic rings. The molecule has 2 aliphatic rings. The Hall–Kier alpha value is -2.71. The molecular formula is C22H28N4O4. The molecule has 0 radical (unpaired) electrons. The second kappa shape index (κ2) is 8.57. The fourth-order valence-electron chi connectivity index (χ4n) is 4.79. The van der Waals surface area contributed by atoms with E-state index in [1.165, 1.54) is 12.2 Å². The zero-order valence-electron chi connectivity index (χ0n) is 17.5. The number of rotatable bonds is 6. The van der Waals surface area contributed by atoms with Crippen molar-refractivity contribution in [1.82, 2.24) is 20.2 Å². The molecule has 0 aliphatic carbocycles. The highest BCUT2D eigenvalue weighted by molar-refractivity contribution is 5.88. The Kier molecular flexibility index (Phi) is 5.87. The molecule has 1 spiro atoms. The van der Waals surface area contributed by atoms with Crippen molar-refractivity contribution in [2.45, 2.75) is 38.3 Å². The summed E-state index contributed by atoms with van der Waals surface area (Å²) in [6, 6.07) is 10.1. The van der Waals surface area contributed by atoms with Gasteiger partial charge in [0.15, 0.2) is 0 Å². The molecule has 0 bridgehead atoms. The molecule has 1 unspecified atom stereocenters. The number of piperidine rings is 1. The van der Waals surface area contributed by atoms with Crippen LogP contribution in [0.25, 0.3) is 11.3 Å². The Balaban J connectivity index is 1.49. The summed E-state index contributed by atoms with van der Waals surface area (Å²) < 4.78 is 5.01. The monoisotopic (exact) mass is 412 g/mol. The SMILES string of the molecule is CCON1C(=O)CC(C(=O)OC)C12CCN(Cc1cn[nH]c1-c1ccccc1)CC2. The van der Waals surface area contributed by atoms with Crippen molar-refractivity contribution in [3.63, 3.8) is 0 Å². The predicted octanol–water partition coefficient (Wildman–Crippen LogP) is 2.38. The summed E-state index contributed by atoms with van der Waals surface area (Å²) in [5.41, 5.74) is 2.63. The lowest BCUT2D eigenvalue weighted by atomic mass is 9.77. The topological polar surface area (TPSA) is 87.8 Å². The van der Waals surface area contributed by atoms with Gasteiger partial charge in [0.2, 0.25) is 5.91 Å². The number of nitrogens with one attached hydrogen (secondary N) is 1. The number of benzene rings is 1. The Morgan fingerprint density at radius 2 is 2.00 bits per heavy atom. The van der Waals surface area contributed by atoms with E-state index >= 15 is 0 Å². The quantitative estimate of drug-likeness (QED) is 0.733. The number of carbonyl (C=O) groups is 2. The first-order valence-electron chi connectivity index (χ1n) is 10.4. The van der Waals surface area contributed by atoms with Crippen LogP contribution < -0.4 is 0 Å². The van der Waals surface area contributed by atoms with Crippen LogP contribution in [0.3, 0.4) is 0 Å². The van der Waals surface area contributed by atoms with Gasteiger partial charge in [-0.3, -0.25) is 24.4 Å². The van der Waals surface area contributed by atoms with E-state index in [1.54, 1.807) is 0 Å². The predicted molar refractivity (Wildman–Crippen MR) is 110 cm³/mol. The molecule has 2 aliphatic heterocycles. The lowest BCUT2D eigenvalue weighted by Crippen LogP contribution is -2.57. The molecule has 8 nitrogen and oxygen atoms in total. The molecule has 1 N–H and O–H groups in total. The summed E-state index contributed by atoms with van der Waals surface area (Å²) >= 11 is 0.